The molecule has 0 amide bonds. The molecule has 5 heteroatoms. The summed E-state index contributed by atoms with van der Waals surface area (Å²) in [5.41, 5.74) is 16.7. The molecule has 5 rings (SSSR count). The van der Waals surface area contributed by atoms with Crippen LogP contribution in [0.1, 0.15) is 22.5 Å². The Morgan fingerprint density at radius 3 is 2.28 bits per heavy atom. The molecule has 2 N–H and O–H groups in total. The van der Waals surface area contributed by atoms with Crippen LogP contribution in [0.3, 0.4) is 0 Å². The van der Waals surface area contributed by atoms with Gasteiger partial charge in [-0.2, -0.15) is 0 Å². The standard InChI is InChI=1S/C31H22N4.Zn/c1-2-24(32)20-26-15-17-29(34-26)31(23-11-7-4-8-12-23)30-18-16-28(35-30)21-27-14-13-25(33-27)19-22-9-5-3-6-10-22;/h1-18,20-21,32,34H;/q-2;/b24-20?,27-21?,31-30-;. The van der Waals surface area contributed by atoms with E-state index < -0.39 is 0 Å². The molecule has 2 aliphatic heterocycles. The molecule has 36 heavy (non-hydrogen) atoms. The Kier molecular flexibility index (Phi) is 6.93. The summed E-state index contributed by atoms with van der Waals surface area (Å²) in [6.07, 6.45) is 13.2. The molecule has 3 heterocycles. The summed E-state index contributed by atoms with van der Waals surface area (Å²) in [7, 11) is 0. The van der Waals surface area contributed by atoms with Gasteiger partial charge in [0.05, 0.1) is 0 Å². The summed E-state index contributed by atoms with van der Waals surface area (Å²) in [6.45, 7) is 5.46. The van der Waals surface area contributed by atoms with Crippen LogP contribution in [0.5, 0.6) is 0 Å². The average Bonchev–Trinajstić information content (AvgIpc) is 3.68. The van der Waals surface area contributed by atoms with E-state index in [1.807, 2.05) is 60.7 Å². The van der Waals surface area contributed by atoms with E-state index in [0.717, 1.165) is 63.2 Å². The van der Waals surface area contributed by atoms with E-state index in [2.05, 4.69) is 47.5 Å². The van der Waals surface area contributed by atoms with Crippen molar-refractivity contribution in [3.63, 3.8) is 0 Å². The molecule has 0 unspecified atom stereocenters. The van der Waals surface area contributed by atoms with Gasteiger partial charge >= 0.3 is 185 Å². The summed E-state index contributed by atoms with van der Waals surface area (Å²) >= 11 is 1.03. The van der Waals surface area contributed by atoms with Crippen LogP contribution >= 0.6 is 0 Å². The number of nitrogens with one attached hydrogen (secondary N) is 2. The van der Waals surface area contributed by atoms with Gasteiger partial charge in [0.1, 0.15) is 0 Å². The van der Waals surface area contributed by atoms with Gasteiger partial charge in [-0.25, -0.2) is 0 Å². The molecule has 0 aliphatic carbocycles. The maximum absolute atomic E-state index is 7.82. The Morgan fingerprint density at radius 2 is 1.56 bits per heavy atom. The molecule has 0 atom stereocenters. The van der Waals surface area contributed by atoms with Gasteiger partial charge in [0.2, 0.25) is 0 Å². The van der Waals surface area contributed by atoms with Crippen LogP contribution in [0.4, 0.5) is 0 Å². The second-order valence-electron chi connectivity index (χ2n) is 8.33. The first-order valence-corrected chi connectivity index (χ1v) is 13.1. The molecule has 0 saturated carbocycles. The number of hydrogen-bond acceptors (Lipinski definition) is 2. The molecule has 2 aliphatic rings. The predicted molar refractivity (Wildman–Crippen MR) is 146 cm³/mol. The summed E-state index contributed by atoms with van der Waals surface area (Å²) in [5, 5.41) is 0. The van der Waals surface area contributed by atoms with Crippen LogP contribution in [0.15, 0.2) is 136 Å². The van der Waals surface area contributed by atoms with E-state index in [1.54, 1.807) is 6.08 Å². The Balaban J connectivity index is 1.48. The Labute approximate surface area is 220 Å². The van der Waals surface area contributed by atoms with Gasteiger partial charge in [-0.1, -0.05) is 6.07 Å². The zero-order valence-corrected chi connectivity index (χ0v) is 22.6. The van der Waals surface area contributed by atoms with Crippen molar-refractivity contribution in [1.82, 2.24) is 4.98 Å². The van der Waals surface area contributed by atoms with E-state index in [-0.39, 0.29) is 5.70 Å². The number of aromatic amines is 1. The fourth-order valence-corrected chi connectivity index (χ4v) is 4.97. The van der Waals surface area contributed by atoms with Crippen molar-refractivity contribution in [2.24, 2.45) is 9.98 Å². The van der Waals surface area contributed by atoms with Gasteiger partial charge in [0, 0.05) is 0 Å². The number of nitrogens with zero attached hydrogens (tertiary/aromatic N) is 2. The summed E-state index contributed by atoms with van der Waals surface area (Å²) in [5.74, 6) is 0. The maximum atomic E-state index is 7.82. The number of hydrogen-bond donors (Lipinski definition) is 1. The first-order valence-electron chi connectivity index (χ1n) is 11.6. The average molecular weight is 516 g/mol. The predicted octanol–water partition coefficient (Wildman–Crippen LogP) is 6.83. The van der Waals surface area contributed by atoms with Crippen LogP contribution in [0.25, 0.3) is 17.4 Å². The molecule has 1 aromatic heterocycles. The second-order valence-corrected chi connectivity index (χ2v) is 9.82. The van der Waals surface area contributed by atoms with E-state index in [0.29, 0.717) is 0 Å². The van der Waals surface area contributed by atoms with Crippen molar-refractivity contribution in [1.29, 1.82) is 0 Å². The number of allylic oxidation sites excluding steroid dienone is 6. The van der Waals surface area contributed by atoms with Crippen LogP contribution in [0.2, 0.25) is 0 Å². The molecule has 0 radical (unpaired) electrons. The van der Waals surface area contributed by atoms with E-state index in [9.17, 15) is 0 Å². The first kappa shape index (κ1) is 23.5. The third-order valence-corrected chi connectivity index (χ3v) is 7.45. The SMILES string of the molecule is [CH-]=CC([NH-])=Cc1ccc(/C(=C2/C=CC(C=C3C=CC([C](=[Zn])c4ccccc4)=N3)=N2)c2ccccc2)[nH]1. The molecule has 0 spiro atoms. The van der Waals surface area contributed by atoms with Gasteiger partial charge in [-0.3, -0.25) is 12.7 Å². The molecular formula is C31H22N4Zn-2. The Morgan fingerprint density at radius 1 is 0.833 bits per heavy atom. The summed E-state index contributed by atoms with van der Waals surface area (Å²) < 4.78 is 1.27. The minimum atomic E-state index is 0.247. The van der Waals surface area contributed by atoms with Crippen molar-refractivity contribution >= 4 is 27.2 Å². The van der Waals surface area contributed by atoms with Crippen LogP contribution in [-0.2, 0) is 17.9 Å². The van der Waals surface area contributed by atoms with Crippen LogP contribution < -0.4 is 0 Å². The van der Waals surface area contributed by atoms with Crippen molar-refractivity contribution in [2.45, 2.75) is 0 Å². The normalized spacial score (nSPS) is 17.4. The van der Waals surface area contributed by atoms with E-state index in [1.165, 1.54) is 15.7 Å². The van der Waals surface area contributed by atoms with Gasteiger partial charge in [-0.15, -0.1) is 6.08 Å². The third-order valence-electron chi connectivity index (χ3n) is 5.84. The van der Waals surface area contributed by atoms with Crippen molar-refractivity contribution in [3.05, 3.63) is 161 Å². The Bertz CT molecular complexity index is 1540. The van der Waals surface area contributed by atoms with Crippen molar-refractivity contribution < 1.29 is 17.9 Å². The number of aliphatic imine (C=N–C) groups is 2. The zero-order chi connectivity index (χ0) is 24.9. The molecule has 4 nitrogen and oxygen atoms in total. The molecule has 0 fully saturated rings. The number of aromatic nitrogens is 1. The molecular weight excluding hydrogens is 494 g/mol. The van der Waals surface area contributed by atoms with Gasteiger partial charge in [-0.05, 0) is 0 Å². The van der Waals surface area contributed by atoms with Crippen LogP contribution in [0, 0.1) is 6.58 Å². The molecule has 170 valence electrons. The molecule has 2 aromatic carbocycles. The van der Waals surface area contributed by atoms with Gasteiger partial charge < -0.3 is 11.4 Å². The van der Waals surface area contributed by atoms with Gasteiger partial charge in [0.15, 0.2) is 0 Å². The summed E-state index contributed by atoms with van der Waals surface area (Å²) in [4.78, 5) is 13.2. The van der Waals surface area contributed by atoms with Gasteiger partial charge in [0.25, 0.3) is 0 Å². The third kappa shape index (κ3) is 5.22. The first-order chi connectivity index (χ1) is 17.6. The Hall–Kier alpha value is -4.21. The summed E-state index contributed by atoms with van der Waals surface area (Å²) in [6, 6.07) is 24.5. The number of H-pyrrole nitrogens is 1. The fourth-order valence-electron chi connectivity index (χ4n) is 4.07. The van der Waals surface area contributed by atoms with Crippen LogP contribution in [-0.4, -0.2) is 20.5 Å². The van der Waals surface area contributed by atoms with Crippen molar-refractivity contribution in [3.8, 4) is 0 Å². The second kappa shape index (κ2) is 10.6. The molecule has 3 aromatic rings. The van der Waals surface area contributed by atoms with E-state index >= 15 is 0 Å². The zero-order valence-electron chi connectivity index (χ0n) is 19.6. The molecule has 0 saturated heterocycles. The topological polar surface area (TPSA) is 64.3 Å². The number of rotatable bonds is 7. The number of benzene rings is 2. The fraction of sp³-hybridized carbons (Fsp3) is 0. The van der Waals surface area contributed by atoms with Crippen molar-refractivity contribution in [2.75, 3.05) is 0 Å². The van der Waals surface area contributed by atoms with E-state index in [4.69, 9.17) is 22.3 Å². The monoisotopic (exact) mass is 514 g/mol. The quantitative estimate of drug-likeness (QED) is 0.204. The minimum absolute atomic E-state index is 0.247. The molecule has 0 bridgehead atoms.